The van der Waals surface area contributed by atoms with E-state index in [0.29, 0.717) is 24.7 Å². The molecule has 1 amide bonds. The van der Waals surface area contributed by atoms with Gasteiger partial charge in [-0.2, -0.15) is 0 Å². The van der Waals surface area contributed by atoms with Gasteiger partial charge in [0.1, 0.15) is 5.56 Å². The van der Waals surface area contributed by atoms with Gasteiger partial charge < -0.3 is 9.88 Å². The number of carbonyl (C=O) groups excluding carboxylic acids is 1. The molecule has 0 radical (unpaired) electrons. The number of aromatic amines is 1. The van der Waals surface area contributed by atoms with Gasteiger partial charge >= 0.3 is 0 Å². The van der Waals surface area contributed by atoms with E-state index < -0.39 is 0 Å². The summed E-state index contributed by atoms with van der Waals surface area (Å²) in [6.07, 6.45) is 6.38. The number of benzene rings is 1. The van der Waals surface area contributed by atoms with Gasteiger partial charge in [-0.3, -0.25) is 14.5 Å². The van der Waals surface area contributed by atoms with Crippen LogP contribution in [0.2, 0.25) is 0 Å². The van der Waals surface area contributed by atoms with E-state index in [9.17, 15) is 9.59 Å². The van der Waals surface area contributed by atoms with Crippen molar-refractivity contribution in [1.82, 2.24) is 14.8 Å². The normalized spacial score (nSPS) is 22.0. The molecule has 0 saturated carbocycles. The minimum Gasteiger partial charge on any atom is -0.336 e. The highest BCUT2D eigenvalue weighted by Gasteiger charge is 2.30. The fraction of sp³-hybridized carbons (Fsp3) is 0.478. The maximum atomic E-state index is 13.0. The minimum absolute atomic E-state index is 0.107. The molecule has 3 aliphatic rings. The summed E-state index contributed by atoms with van der Waals surface area (Å²) in [6.45, 7) is 3.18. The Kier molecular flexibility index (Phi) is 4.55. The zero-order valence-electron chi connectivity index (χ0n) is 16.2. The number of pyridine rings is 1. The molecule has 1 aliphatic heterocycles. The van der Waals surface area contributed by atoms with Crippen LogP contribution in [0.25, 0.3) is 0 Å². The third-order valence-electron chi connectivity index (χ3n) is 6.76. The van der Waals surface area contributed by atoms with Crippen molar-refractivity contribution in [2.24, 2.45) is 0 Å². The van der Waals surface area contributed by atoms with Gasteiger partial charge in [0, 0.05) is 37.9 Å². The Morgan fingerprint density at radius 1 is 0.964 bits per heavy atom. The molecule has 2 heterocycles. The van der Waals surface area contributed by atoms with Crippen LogP contribution in [0.1, 0.15) is 45.6 Å². The van der Waals surface area contributed by atoms with E-state index in [0.717, 1.165) is 56.5 Å². The lowest BCUT2D eigenvalue weighted by Gasteiger charge is -2.41. The lowest BCUT2D eigenvalue weighted by molar-refractivity contribution is 0.0551. The second-order valence-electron chi connectivity index (χ2n) is 8.36. The Balaban J connectivity index is 1.24. The van der Waals surface area contributed by atoms with Crippen molar-refractivity contribution in [3.05, 3.63) is 68.6 Å². The Hall–Kier alpha value is -2.40. The van der Waals surface area contributed by atoms with Crippen LogP contribution in [0.5, 0.6) is 0 Å². The van der Waals surface area contributed by atoms with Crippen molar-refractivity contribution < 1.29 is 4.79 Å². The number of carbonyl (C=O) groups is 1. The number of rotatable bonds is 2. The van der Waals surface area contributed by atoms with Crippen LogP contribution in [-0.2, 0) is 25.7 Å². The first-order chi connectivity index (χ1) is 13.7. The molecule has 5 nitrogen and oxygen atoms in total. The molecule has 0 bridgehead atoms. The van der Waals surface area contributed by atoms with Gasteiger partial charge in [-0.25, -0.2) is 0 Å². The second-order valence-corrected chi connectivity index (χ2v) is 8.36. The number of amides is 1. The Morgan fingerprint density at radius 3 is 2.57 bits per heavy atom. The molecule has 1 aromatic carbocycles. The monoisotopic (exact) mass is 377 g/mol. The molecule has 5 heteroatoms. The van der Waals surface area contributed by atoms with Crippen molar-refractivity contribution in [1.29, 1.82) is 0 Å². The van der Waals surface area contributed by atoms with Gasteiger partial charge in [0.25, 0.3) is 11.5 Å². The maximum Gasteiger partial charge on any atom is 0.261 e. The number of nitrogens with one attached hydrogen (secondary N) is 1. The van der Waals surface area contributed by atoms with Crippen molar-refractivity contribution in [2.45, 2.75) is 44.6 Å². The molecule has 1 aromatic heterocycles. The number of hydrogen-bond donors (Lipinski definition) is 1. The molecule has 0 unspecified atom stereocenters. The summed E-state index contributed by atoms with van der Waals surface area (Å²) in [4.78, 5) is 32.7. The SMILES string of the molecule is O=C(c1cc2c([nH]c1=O)CCC2)N1CCN([C@H]2CCc3ccccc3C2)CC1. The first-order valence-electron chi connectivity index (χ1n) is 10.5. The van der Waals surface area contributed by atoms with E-state index in [-0.39, 0.29) is 11.5 Å². The van der Waals surface area contributed by atoms with Crippen molar-refractivity contribution in [2.75, 3.05) is 26.2 Å². The summed E-state index contributed by atoms with van der Waals surface area (Å²) in [5, 5.41) is 0. The summed E-state index contributed by atoms with van der Waals surface area (Å²) >= 11 is 0. The van der Waals surface area contributed by atoms with E-state index >= 15 is 0 Å². The lowest BCUT2D eigenvalue weighted by Crippen LogP contribution is -2.53. The molecule has 2 aromatic rings. The average Bonchev–Trinajstić information content (AvgIpc) is 3.19. The number of aromatic nitrogens is 1. The Labute approximate surface area is 165 Å². The molecule has 1 saturated heterocycles. The summed E-state index contributed by atoms with van der Waals surface area (Å²) < 4.78 is 0. The largest absolute Gasteiger partial charge is 0.336 e. The molecule has 5 rings (SSSR count). The minimum atomic E-state index is -0.225. The highest BCUT2D eigenvalue weighted by Crippen LogP contribution is 2.25. The van der Waals surface area contributed by atoms with Crippen LogP contribution in [0.4, 0.5) is 0 Å². The third kappa shape index (κ3) is 3.18. The van der Waals surface area contributed by atoms with Crippen LogP contribution in [-0.4, -0.2) is 52.9 Å². The molecule has 1 atom stereocenters. The topological polar surface area (TPSA) is 56.4 Å². The number of nitrogens with zero attached hydrogens (tertiary/aromatic N) is 2. The third-order valence-corrected chi connectivity index (χ3v) is 6.76. The zero-order chi connectivity index (χ0) is 19.1. The van der Waals surface area contributed by atoms with Crippen molar-refractivity contribution in [3.63, 3.8) is 0 Å². The van der Waals surface area contributed by atoms with E-state index in [4.69, 9.17) is 0 Å². The predicted molar refractivity (Wildman–Crippen MR) is 109 cm³/mol. The number of piperazine rings is 1. The fourth-order valence-electron chi connectivity index (χ4n) is 5.12. The average molecular weight is 377 g/mol. The summed E-state index contributed by atoms with van der Waals surface area (Å²) in [7, 11) is 0. The number of fused-ring (bicyclic) bond motifs is 2. The first kappa shape index (κ1) is 17.7. The molecule has 28 heavy (non-hydrogen) atoms. The standard InChI is InChI=1S/C23H27N3O2/c27-22-20(15-18-6-3-7-21(18)24-22)23(28)26-12-10-25(11-13-26)19-9-8-16-4-1-2-5-17(16)14-19/h1-2,4-5,15,19H,3,6-14H2,(H,24,27)/t19-/m0/s1. The molecular weight excluding hydrogens is 350 g/mol. The second kappa shape index (κ2) is 7.21. The van der Waals surface area contributed by atoms with Crippen molar-refractivity contribution in [3.8, 4) is 0 Å². The van der Waals surface area contributed by atoms with Gasteiger partial charge in [-0.1, -0.05) is 24.3 Å². The quantitative estimate of drug-likeness (QED) is 0.873. The van der Waals surface area contributed by atoms with Crippen LogP contribution in [0.15, 0.2) is 35.1 Å². The van der Waals surface area contributed by atoms with Gasteiger partial charge in [-0.05, 0) is 61.3 Å². The van der Waals surface area contributed by atoms with E-state index in [1.807, 2.05) is 11.0 Å². The summed E-state index contributed by atoms with van der Waals surface area (Å²) in [6, 6.07) is 11.2. The van der Waals surface area contributed by atoms with E-state index in [1.165, 1.54) is 17.5 Å². The highest BCUT2D eigenvalue weighted by atomic mass is 16.2. The Morgan fingerprint density at radius 2 is 1.75 bits per heavy atom. The molecule has 2 aliphatic carbocycles. The lowest BCUT2D eigenvalue weighted by atomic mass is 9.87. The number of hydrogen-bond acceptors (Lipinski definition) is 3. The van der Waals surface area contributed by atoms with Crippen LogP contribution in [0.3, 0.4) is 0 Å². The molecule has 1 N–H and O–H groups in total. The Bertz CT molecular complexity index is 957. The smallest absolute Gasteiger partial charge is 0.261 e. The van der Waals surface area contributed by atoms with Gasteiger partial charge in [0.15, 0.2) is 0 Å². The van der Waals surface area contributed by atoms with Gasteiger partial charge in [0.2, 0.25) is 0 Å². The number of aryl methyl sites for hydroxylation is 3. The fourth-order valence-corrected chi connectivity index (χ4v) is 5.12. The summed E-state index contributed by atoms with van der Waals surface area (Å²) in [5.41, 5.74) is 5.22. The molecule has 1 fully saturated rings. The van der Waals surface area contributed by atoms with Gasteiger partial charge in [-0.15, -0.1) is 0 Å². The van der Waals surface area contributed by atoms with Crippen LogP contribution >= 0.6 is 0 Å². The van der Waals surface area contributed by atoms with Crippen LogP contribution < -0.4 is 5.56 Å². The zero-order valence-corrected chi connectivity index (χ0v) is 16.2. The molecule has 146 valence electrons. The van der Waals surface area contributed by atoms with E-state index in [1.54, 1.807) is 0 Å². The van der Waals surface area contributed by atoms with Gasteiger partial charge in [0.05, 0.1) is 0 Å². The molecular formula is C23H27N3O2. The summed E-state index contributed by atoms with van der Waals surface area (Å²) in [5.74, 6) is -0.107. The van der Waals surface area contributed by atoms with E-state index in [2.05, 4.69) is 34.1 Å². The highest BCUT2D eigenvalue weighted by molar-refractivity contribution is 5.94. The maximum absolute atomic E-state index is 13.0. The molecule has 0 spiro atoms. The predicted octanol–water partition coefficient (Wildman–Crippen LogP) is 2.18. The first-order valence-corrected chi connectivity index (χ1v) is 10.5. The van der Waals surface area contributed by atoms with Crippen LogP contribution in [0, 0.1) is 0 Å². The van der Waals surface area contributed by atoms with Crippen molar-refractivity contribution >= 4 is 5.91 Å². The number of H-pyrrole nitrogens is 1.